The fourth-order valence-corrected chi connectivity index (χ4v) is 3.54. The van der Waals surface area contributed by atoms with Gasteiger partial charge in [-0.15, -0.1) is 0 Å². The van der Waals surface area contributed by atoms with Crippen molar-refractivity contribution in [3.63, 3.8) is 0 Å². The number of anilines is 4. The van der Waals surface area contributed by atoms with E-state index < -0.39 is 0 Å². The first-order chi connectivity index (χ1) is 16.2. The fourth-order valence-electron chi connectivity index (χ4n) is 3.54. The van der Waals surface area contributed by atoms with E-state index in [1.54, 1.807) is 9.80 Å². The van der Waals surface area contributed by atoms with Crippen molar-refractivity contribution in [1.82, 2.24) is 0 Å². The number of carbonyl (C=O) groups is 2. The Morgan fingerprint density at radius 1 is 0.455 bits per heavy atom. The molecule has 0 bridgehead atoms. The van der Waals surface area contributed by atoms with Crippen LogP contribution in [0.1, 0.15) is 0 Å². The molecule has 0 fully saturated rings. The van der Waals surface area contributed by atoms with E-state index in [4.69, 9.17) is 4.74 Å². The normalized spacial score (nSPS) is 10.4. The van der Waals surface area contributed by atoms with E-state index in [-0.39, 0.29) is 25.0 Å². The van der Waals surface area contributed by atoms with Gasteiger partial charge in [0, 0.05) is 22.7 Å². The maximum atomic E-state index is 13.1. The maximum Gasteiger partial charge on any atom is 0.257 e. The molecule has 164 valence electrons. The summed E-state index contributed by atoms with van der Waals surface area (Å²) in [7, 11) is 0. The van der Waals surface area contributed by atoms with E-state index in [2.05, 4.69) is 0 Å². The van der Waals surface area contributed by atoms with Crippen LogP contribution in [-0.2, 0) is 14.3 Å². The third-order valence-electron chi connectivity index (χ3n) is 5.01. The molecule has 0 N–H and O–H groups in total. The molecule has 0 spiro atoms. The molecule has 0 saturated heterocycles. The molecule has 0 saturated carbocycles. The molecule has 0 aromatic heterocycles. The predicted octanol–water partition coefficient (Wildman–Crippen LogP) is 5.73. The third-order valence-corrected chi connectivity index (χ3v) is 5.01. The second kappa shape index (κ2) is 10.9. The highest BCUT2D eigenvalue weighted by atomic mass is 16.5. The number of nitrogens with zero attached hydrogens (tertiary/aromatic N) is 2. The molecule has 2 amide bonds. The average molecular weight is 437 g/mol. The maximum absolute atomic E-state index is 13.1. The van der Waals surface area contributed by atoms with E-state index in [1.807, 2.05) is 121 Å². The van der Waals surface area contributed by atoms with Crippen LogP contribution >= 0.6 is 0 Å². The quantitative estimate of drug-likeness (QED) is 0.354. The zero-order valence-electron chi connectivity index (χ0n) is 18.1. The van der Waals surface area contributed by atoms with Gasteiger partial charge in [0.1, 0.15) is 13.2 Å². The minimum atomic E-state index is -0.258. The predicted molar refractivity (Wildman–Crippen MR) is 131 cm³/mol. The first-order valence-electron chi connectivity index (χ1n) is 10.7. The lowest BCUT2D eigenvalue weighted by Crippen LogP contribution is -2.33. The Labute approximate surface area is 193 Å². The van der Waals surface area contributed by atoms with Gasteiger partial charge in [0.05, 0.1) is 0 Å². The molecule has 0 heterocycles. The molecular weight excluding hydrogens is 412 g/mol. The summed E-state index contributed by atoms with van der Waals surface area (Å²) in [5.74, 6) is -0.516. The third kappa shape index (κ3) is 5.53. The van der Waals surface area contributed by atoms with Gasteiger partial charge in [-0.1, -0.05) is 72.8 Å². The van der Waals surface area contributed by atoms with E-state index >= 15 is 0 Å². The lowest BCUT2D eigenvalue weighted by Gasteiger charge is -2.24. The molecular formula is C28H24N2O3. The monoisotopic (exact) mass is 436 g/mol. The number of carbonyl (C=O) groups excluding carboxylic acids is 2. The molecule has 5 nitrogen and oxygen atoms in total. The van der Waals surface area contributed by atoms with Gasteiger partial charge in [0.15, 0.2) is 0 Å². The largest absolute Gasteiger partial charge is 0.362 e. The van der Waals surface area contributed by atoms with Crippen molar-refractivity contribution in [2.75, 3.05) is 23.0 Å². The summed E-state index contributed by atoms with van der Waals surface area (Å²) in [4.78, 5) is 29.4. The molecule has 0 aliphatic rings. The number of hydrogen-bond donors (Lipinski definition) is 0. The smallest absolute Gasteiger partial charge is 0.257 e. The zero-order chi connectivity index (χ0) is 22.9. The van der Waals surface area contributed by atoms with Gasteiger partial charge in [-0.3, -0.25) is 19.4 Å². The Hall–Kier alpha value is -4.22. The van der Waals surface area contributed by atoms with Crippen LogP contribution in [-0.4, -0.2) is 25.0 Å². The Bertz CT molecular complexity index is 993. The molecule has 0 unspecified atom stereocenters. The molecule has 5 heteroatoms. The van der Waals surface area contributed by atoms with E-state index in [1.165, 1.54) is 0 Å². The van der Waals surface area contributed by atoms with Crippen LogP contribution in [0.15, 0.2) is 121 Å². The lowest BCUT2D eigenvalue weighted by molar-refractivity contribution is -0.127. The van der Waals surface area contributed by atoms with Crippen molar-refractivity contribution in [1.29, 1.82) is 0 Å². The van der Waals surface area contributed by atoms with Crippen molar-refractivity contribution in [2.45, 2.75) is 0 Å². The van der Waals surface area contributed by atoms with Crippen LogP contribution in [0, 0.1) is 0 Å². The van der Waals surface area contributed by atoms with Crippen molar-refractivity contribution in [2.24, 2.45) is 0 Å². The highest BCUT2D eigenvalue weighted by Crippen LogP contribution is 2.26. The summed E-state index contributed by atoms with van der Waals surface area (Å²) in [6.45, 7) is -0.458. The highest BCUT2D eigenvalue weighted by Gasteiger charge is 2.21. The first-order valence-corrected chi connectivity index (χ1v) is 10.7. The van der Waals surface area contributed by atoms with E-state index in [0.717, 1.165) is 22.7 Å². The highest BCUT2D eigenvalue weighted by molar-refractivity contribution is 6.03. The summed E-state index contributed by atoms with van der Waals surface area (Å²) in [5, 5.41) is 0. The van der Waals surface area contributed by atoms with Crippen molar-refractivity contribution in [3.05, 3.63) is 121 Å². The molecule has 0 aliphatic carbocycles. The summed E-state index contributed by atoms with van der Waals surface area (Å²) < 4.78 is 5.62. The molecule has 4 rings (SSSR count). The molecule has 0 atom stereocenters. The van der Waals surface area contributed by atoms with Crippen LogP contribution in [0.25, 0.3) is 0 Å². The summed E-state index contributed by atoms with van der Waals surface area (Å²) in [6.07, 6.45) is 0. The molecule has 4 aromatic carbocycles. The topological polar surface area (TPSA) is 49.9 Å². The number of para-hydroxylation sites is 4. The van der Waals surface area contributed by atoms with E-state index in [9.17, 15) is 9.59 Å². The SMILES string of the molecule is O=C(COCC(=O)N(c1ccccc1)c1ccccc1)N(c1ccccc1)c1ccccc1. The summed E-state index contributed by atoms with van der Waals surface area (Å²) in [6, 6.07) is 37.5. The van der Waals surface area contributed by atoms with Crippen LogP contribution < -0.4 is 9.80 Å². The van der Waals surface area contributed by atoms with Crippen LogP contribution in [0.4, 0.5) is 22.7 Å². The van der Waals surface area contributed by atoms with Gasteiger partial charge in [0.2, 0.25) is 0 Å². The Kier molecular flexibility index (Phi) is 7.25. The van der Waals surface area contributed by atoms with Crippen molar-refractivity contribution >= 4 is 34.6 Å². The van der Waals surface area contributed by atoms with E-state index in [0.29, 0.717) is 0 Å². The average Bonchev–Trinajstić information content (AvgIpc) is 2.87. The lowest BCUT2D eigenvalue weighted by atomic mass is 10.2. The van der Waals surface area contributed by atoms with Gasteiger partial charge < -0.3 is 4.74 Å². The van der Waals surface area contributed by atoms with Crippen LogP contribution in [0.2, 0.25) is 0 Å². The summed E-state index contributed by atoms with van der Waals surface area (Å²) in [5.41, 5.74) is 2.94. The Morgan fingerprint density at radius 3 is 0.939 bits per heavy atom. The fraction of sp³-hybridized carbons (Fsp3) is 0.0714. The second-order valence-electron chi connectivity index (χ2n) is 7.29. The number of ether oxygens (including phenoxy) is 1. The minimum Gasteiger partial charge on any atom is -0.362 e. The Morgan fingerprint density at radius 2 is 0.697 bits per heavy atom. The molecule has 0 aliphatic heterocycles. The van der Waals surface area contributed by atoms with Gasteiger partial charge in [-0.2, -0.15) is 0 Å². The summed E-state index contributed by atoms with van der Waals surface area (Å²) >= 11 is 0. The van der Waals surface area contributed by atoms with Crippen molar-refractivity contribution in [3.8, 4) is 0 Å². The van der Waals surface area contributed by atoms with Gasteiger partial charge in [-0.25, -0.2) is 0 Å². The van der Waals surface area contributed by atoms with Crippen LogP contribution in [0.5, 0.6) is 0 Å². The van der Waals surface area contributed by atoms with Crippen molar-refractivity contribution < 1.29 is 14.3 Å². The molecule has 0 radical (unpaired) electrons. The molecule has 4 aromatic rings. The minimum absolute atomic E-state index is 0.229. The number of amides is 2. The number of benzene rings is 4. The number of hydrogen-bond acceptors (Lipinski definition) is 3. The van der Waals surface area contributed by atoms with Crippen LogP contribution in [0.3, 0.4) is 0 Å². The second-order valence-corrected chi connectivity index (χ2v) is 7.29. The van der Waals surface area contributed by atoms with Gasteiger partial charge >= 0.3 is 0 Å². The molecule has 33 heavy (non-hydrogen) atoms. The number of rotatable bonds is 8. The van der Waals surface area contributed by atoms with Gasteiger partial charge in [-0.05, 0) is 48.5 Å². The Balaban J connectivity index is 1.47. The first kappa shape index (κ1) is 22.0. The zero-order valence-corrected chi connectivity index (χ0v) is 18.1. The standard InChI is InChI=1S/C28H24N2O3/c31-27(29(23-13-5-1-6-14-23)24-15-7-2-8-16-24)21-33-22-28(32)30(25-17-9-3-10-18-25)26-19-11-4-12-20-26/h1-20H,21-22H2. The van der Waals surface area contributed by atoms with Gasteiger partial charge in [0.25, 0.3) is 11.8 Å².